The van der Waals surface area contributed by atoms with Crippen LogP contribution in [0, 0.1) is 13.8 Å². The number of anilines is 1. The van der Waals surface area contributed by atoms with Crippen LogP contribution in [0.1, 0.15) is 37.0 Å². The Morgan fingerprint density at radius 3 is 2.61 bits per heavy atom. The van der Waals surface area contributed by atoms with Crippen molar-refractivity contribution < 1.29 is 0 Å². The molecule has 0 aromatic heterocycles. The van der Waals surface area contributed by atoms with E-state index in [1.165, 1.54) is 33.6 Å². The summed E-state index contributed by atoms with van der Waals surface area (Å²) in [5, 5.41) is 3.47. The molecule has 1 aromatic rings. The van der Waals surface area contributed by atoms with Crippen LogP contribution >= 0.6 is 0 Å². The third-order valence-electron chi connectivity index (χ3n) is 3.81. The minimum atomic E-state index is 0.0253. The summed E-state index contributed by atoms with van der Waals surface area (Å²) in [5.41, 5.74) is 14.9. The maximum Gasteiger partial charge on any atom is 0.0417 e. The maximum atomic E-state index is 6.15. The number of nitrogens with one attached hydrogen (secondary N) is 1. The molecule has 2 rings (SSSR count). The first-order valence-electron chi connectivity index (χ1n) is 6.40. The SMILES string of the molecule is C=C(C)C(N)CC1=C(C)Nc2ccc(C)c1c2C. The van der Waals surface area contributed by atoms with E-state index in [1.807, 2.05) is 6.92 Å². The van der Waals surface area contributed by atoms with Crippen LogP contribution < -0.4 is 11.1 Å². The second kappa shape index (κ2) is 4.62. The Bertz CT molecular complexity index is 538. The van der Waals surface area contributed by atoms with Crippen LogP contribution in [-0.2, 0) is 0 Å². The van der Waals surface area contributed by atoms with Gasteiger partial charge in [-0.25, -0.2) is 0 Å². The molecule has 1 aliphatic rings. The average molecular weight is 242 g/mol. The Balaban J connectivity index is 2.46. The molecule has 0 fully saturated rings. The minimum absolute atomic E-state index is 0.0253. The smallest absolute Gasteiger partial charge is 0.0417 e. The second-order valence-corrected chi connectivity index (χ2v) is 5.32. The van der Waals surface area contributed by atoms with Gasteiger partial charge in [0.15, 0.2) is 0 Å². The molecule has 1 unspecified atom stereocenters. The standard InChI is InChI=1S/C16H22N2/c1-9(2)14(17)8-13-12(5)18-15-7-6-10(3)16(13)11(15)4/h6-7,14,18H,1,8,17H2,2-5H3. The molecule has 0 spiro atoms. The van der Waals surface area contributed by atoms with E-state index in [2.05, 4.69) is 44.8 Å². The van der Waals surface area contributed by atoms with E-state index in [0.717, 1.165) is 12.0 Å². The van der Waals surface area contributed by atoms with Gasteiger partial charge in [-0.2, -0.15) is 0 Å². The van der Waals surface area contributed by atoms with Crippen molar-refractivity contribution in [2.24, 2.45) is 5.73 Å². The normalized spacial score (nSPS) is 15.4. The van der Waals surface area contributed by atoms with Gasteiger partial charge in [0.05, 0.1) is 0 Å². The Kier molecular flexibility index (Phi) is 3.31. The molecule has 2 bridgehead atoms. The van der Waals surface area contributed by atoms with Gasteiger partial charge in [-0.15, -0.1) is 0 Å². The summed E-state index contributed by atoms with van der Waals surface area (Å²) >= 11 is 0. The van der Waals surface area contributed by atoms with E-state index in [1.54, 1.807) is 0 Å². The number of hydrogen-bond donors (Lipinski definition) is 2. The topological polar surface area (TPSA) is 38.0 Å². The number of rotatable bonds is 3. The van der Waals surface area contributed by atoms with E-state index in [4.69, 9.17) is 5.73 Å². The van der Waals surface area contributed by atoms with Gasteiger partial charge in [-0.1, -0.05) is 18.2 Å². The Morgan fingerprint density at radius 1 is 1.33 bits per heavy atom. The highest BCUT2D eigenvalue weighted by atomic mass is 14.9. The highest BCUT2D eigenvalue weighted by Gasteiger charge is 2.21. The predicted molar refractivity (Wildman–Crippen MR) is 79.5 cm³/mol. The number of hydrogen-bond acceptors (Lipinski definition) is 2. The van der Waals surface area contributed by atoms with Crippen molar-refractivity contribution in [1.29, 1.82) is 0 Å². The van der Waals surface area contributed by atoms with Gasteiger partial charge in [0.1, 0.15) is 0 Å². The zero-order valence-corrected chi connectivity index (χ0v) is 11.7. The van der Waals surface area contributed by atoms with Crippen LogP contribution in [0.5, 0.6) is 0 Å². The van der Waals surface area contributed by atoms with Crippen LogP contribution in [0.4, 0.5) is 5.69 Å². The molecule has 2 nitrogen and oxygen atoms in total. The average Bonchev–Trinajstić information content (AvgIpc) is 2.29. The molecule has 2 heteroatoms. The van der Waals surface area contributed by atoms with Gasteiger partial charge >= 0.3 is 0 Å². The lowest BCUT2D eigenvalue weighted by Gasteiger charge is -2.28. The number of aryl methyl sites for hydroxylation is 1. The first kappa shape index (κ1) is 12.9. The van der Waals surface area contributed by atoms with Crippen molar-refractivity contribution in [2.75, 3.05) is 5.32 Å². The van der Waals surface area contributed by atoms with Crippen molar-refractivity contribution in [2.45, 2.75) is 40.2 Å². The van der Waals surface area contributed by atoms with Crippen LogP contribution in [-0.4, -0.2) is 6.04 Å². The lowest BCUT2D eigenvalue weighted by Crippen LogP contribution is -2.23. The van der Waals surface area contributed by atoms with E-state index in [-0.39, 0.29) is 6.04 Å². The van der Waals surface area contributed by atoms with E-state index in [0.29, 0.717) is 0 Å². The van der Waals surface area contributed by atoms with Crippen molar-refractivity contribution in [3.8, 4) is 0 Å². The monoisotopic (exact) mass is 242 g/mol. The molecule has 0 aliphatic carbocycles. The van der Waals surface area contributed by atoms with Crippen LogP contribution in [0.15, 0.2) is 30.0 Å². The molecule has 0 saturated heterocycles. The summed E-state index contributed by atoms with van der Waals surface area (Å²) in [6, 6.07) is 4.34. The Hall–Kier alpha value is -1.54. The third kappa shape index (κ3) is 2.08. The summed E-state index contributed by atoms with van der Waals surface area (Å²) in [6.45, 7) is 12.4. The number of fused-ring (bicyclic) bond motifs is 2. The summed E-state index contributed by atoms with van der Waals surface area (Å²) in [5.74, 6) is 0. The molecule has 18 heavy (non-hydrogen) atoms. The molecule has 1 atom stereocenters. The molecule has 0 saturated carbocycles. The fourth-order valence-corrected chi connectivity index (χ4v) is 2.56. The van der Waals surface area contributed by atoms with Gasteiger partial charge in [0.25, 0.3) is 0 Å². The molecule has 1 aliphatic heterocycles. The molecule has 0 amide bonds. The van der Waals surface area contributed by atoms with E-state index in [9.17, 15) is 0 Å². The fourth-order valence-electron chi connectivity index (χ4n) is 2.56. The summed E-state index contributed by atoms with van der Waals surface area (Å²) in [6.07, 6.45) is 0.847. The summed E-state index contributed by atoms with van der Waals surface area (Å²) in [7, 11) is 0. The van der Waals surface area contributed by atoms with Crippen LogP contribution in [0.2, 0.25) is 0 Å². The van der Waals surface area contributed by atoms with Crippen LogP contribution in [0.25, 0.3) is 5.57 Å². The van der Waals surface area contributed by atoms with E-state index >= 15 is 0 Å². The third-order valence-corrected chi connectivity index (χ3v) is 3.81. The fraction of sp³-hybridized carbons (Fsp3) is 0.375. The number of nitrogens with two attached hydrogens (primary N) is 1. The highest BCUT2D eigenvalue weighted by molar-refractivity contribution is 5.83. The molecule has 0 radical (unpaired) electrons. The van der Waals surface area contributed by atoms with Gasteiger partial charge in [0, 0.05) is 17.4 Å². The maximum absolute atomic E-state index is 6.15. The lowest BCUT2D eigenvalue weighted by molar-refractivity contribution is 0.792. The van der Waals surface area contributed by atoms with Crippen molar-refractivity contribution >= 4 is 11.3 Å². The zero-order chi connectivity index (χ0) is 13.4. The van der Waals surface area contributed by atoms with Gasteiger partial charge in [0.2, 0.25) is 0 Å². The Morgan fingerprint density at radius 2 is 2.00 bits per heavy atom. The number of benzene rings is 1. The van der Waals surface area contributed by atoms with E-state index < -0.39 is 0 Å². The van der Waals surface area contributed by atoms with Gasteiger partial charge in [-0.3, -0.25) is 0 Å². The minimum Gasteiger partial charge on any atom is -0.359 e. The first-order chi connectivity index (χ1) is 8.41. The van der Waals surface area contributed by atoms with Gasteiger partial charge < -0.3 is 11.1 Å². The van der Waals surface area contributed by atoms with Crippen LogP contribution in [0.3, 0.4) is 0 Å². The lowest BCUT2D eigenvalue weighted by atomic mass is 9.86. The highest BCUT2D eigenvalue weighted by Crippen LogP contribution is 2.38. The van der Waals surface area contributed by atoms with Gasteiger partial charge in [-0.05, 0) is 62.4 Å². The predicted octanol–water partition coefficient (Wildman–Crippen LogP) is 3.75. The summed E-state index contributed by atoms with van der Waals surface area (Å²) < 4.78 is 0. The van der Waals surface area contributed by atoms with Crippen molar-refractivity contribution in [3.63, 3.8) is 0 Å². The quantitative estimate of drug-likeness (QED) is 0.792. The summed E-state index contributed by atoms with van der Waals surface area (Å²) in [4.78, 5) is 0. The molecular formula is C16H22N2. The molecule has 1 aromatic carbocycles. The first-order valence-corrected chi connectivity index (χ1v) is 6.40. The Labute approximate surface area is 110 Å². The molecule has 3 N–H and O–H groups in total. The second-order valence-electron chi connectivity index (χ2n) is 5.32. The molecular weight excluding hydrogens is 220 g/mol. The van der Waals surface area contributed by atoms with Crippen molar-refractivity contribution in [1.82, 2.24) is 0 Å². The largest absolute Gasteiger partial charge is 0.359 e. The number of allylic oxidation sites excluding steroid dienone is 1. The van der Waals surface area contributed by atoms with Crippen molar-refractivity contribution in [3.05, 3.63) is 46.7 Å². The molecule has 1 heterocycles. The zero-order valence-electron chi connectivity index (χ0n) is 11.7. The molecule has 96 valence electrons.